The predicted octanol–water partition coefficient (Wildman–Crippen LogP) is 4.49. The highest BCUT2D eigenvalue weighted by Crippen LogP contribution is 2.32. The van der Waals surface area contributed by atoms with Crippen LogP contribution < -0.4 is 14.8 Å². The second kappa shape index (κ2) is 10.6. The Morgan fingerprint density at radius 2 is 1.84 bits per heavy atom. The normalized spacial score (nSPS) is 11.3. The highest BCUT2D eigenvalue weighted by molar-refractivity contribution is 7.92. The van der Waals surface area contributed by atoms with Crippen molar-refractivity contribution < 1.29 is 17.9 Å². The monoisotopic (exact) mass is 540 g/mol. The maximum atomic E-state index is 12.9. The molecule has 4 rings (SSSR count). The number of benzene rings is 2. The van der Waals surface area contributed by atoms with Gasteiger partial charge in [0.1, 0.15) is 10.6 Å². The second-order valence-electron chi connectivity index (χ2n) is 8.27. The molecule has 2 N–H and O–H groups in total. The minimum absolute atomic E-state index is 0.0417. The van der Waals surface area contributed by atoms with Crippen LogP contribution in [0.25, 0.3) is 11.3 Å². The summed E-state index contributed by atoms with van der Waals surface area (Å²) in [7, 11) is -2.41. The number of hydrogen-bond acceptors (Lipinski definition) is 7. The maximum Gasteiger partial charge on any atom is 0.267 e. The van der Waals surface area contributed by atoms with Gasteiger partial charge < -0.3 is 10.1 Å². The van der Waals surface area contributed by atoms with E-state index in [1.54, 1.807) is 13.1 Å². The van der Waals surface area contributed by atoms with Crippen LogP contribution in [-0.4, -0.2) is 40.6 Å². The molecule has 0 aliphatic carbocycles. The summed E-state index contributed by atoms with van der Waals surface area (Å²) < 4.78 is 35.6. The van der Waals surface area contributed by atoms with Crippen molar-refractivity contribution in [2.45, 2.75) is 25.7 Å². The van der Waals surface area contributed by atoms with E-state index >= 15 is 0 Å². The van der Waals surface area contributed by atoms with Crippen LogP contribution in [0.4, 0.5) is 5.95 Å². The second-order valence-corrected chi connectivity index (χ2v) is 10.4. The number of sulfonamides is 1. The average Bonchev–Trinajstić information content (AvgIpc) is 3.26. The number of amides is 1. The molecular weight excluding hydrogens is 516 g/mol. The van der Waals surface area contributed by atoms with Gasteiger partial charge in [-0.3, -0.25) is 9.48 Å². The fourth-order valence-electron chi connectivity index (χ4n) is 3.72. The van der Waals surface area contributed by atoms with Crippen molar-refractivity contribution in [3.05, 3.63) is 76.6 Å². The SMILES string of the molecule is CCNC(=O)c1cc(Cl)cc(Oc2cc(-c3c(C)cccc3C)nc(NS(=O)(=O)c3cnn(C)c3)n2)c1. The third-order valence-corrected chi connectivity index (χ3v) is 6.85. The van der Waals surface area contributed by atoms with E-state index < -0.39 is 10.0 Å². The van der Waals surface area contributed by atoms with Crippen molar-refractivity contribution in [1.29, 1.82) is 0 Å². The summed E-state index contributed by atoms with van der Waals surface area (Å²) in [5.74, 6) is -0.190. The lowest BCUT2D eigenvalue weighted by Gasteiger charge is -2.14. The fourth-order valence-corrected chi connectivity index (χ4v) is 4.87. The van der Waals surface area contributed by atoms with Crippen molar-refractivity contribution >= 4 is 33.5 Å². The molecule has 0 bridgehead atoms. The summed E-state index contributed by atoms with van der Waals surface area (Å²) in [5, 5.41) is 6.92. The van der Waals surface area contributed by atoms with Gasteiger partial charge in [-0.1, -0.05) is 29.8 Å². The molecule has 0 atom stereocenters. The van der Waals surface area contributed by atoms with Gasteiger partial charge in [0.05, 0.1) is 11.9 Å². The van der Waals surface area contributed by atoms with Gasteiger partial charge in [0.15, 0.2) is 0 Å². The first kappa shape index (κ1) is 26.1. The van der Waals surface area contributed by atoms with E-state index in [-0.39, 0.29) is 28.4 Å². The quantitative estimate of drug-likeness (QED) is 0.337. The van der Waals surface area contributed by atoms with Gasteiger partial charge in [0.25, 0.3) is 15.9 Å². The summed E-state index contributed by atoms with van der Waals surface area (Å²) in [6, 6.07) is 12.0. The number of carbonyl (C=O) groups excluding carboxylic acids is 1. The molecule has 0 unspecified atom stereocenters. The number of aromatic nitrogens is 4. The first-order valence-corrected chi connectivity index (χ1v) is 13.2. The van der Waals surface area contributed by atoms with E-state index in [4.69, 9.17) is 16.3 Å². The third-order valence-electron chi connectivity index (χ3n) is 5.35. The number of hydrogen-bond donors (Lipinski definition) is 2. The Bertz CT molecular complexity index is 1570. The van der Waals surface area contributed by atoms with E-state index in [9.17, 15) is 13.2 Å². The number of nitrogens with zero attached hydrogens (tertiary/aromatic N) is 4. The Morgan fingerprint density at radius 1 is 1.11 bits per heavy atom. The fraction of sp³-hybridized carbons (Fsp3) is 0.200. The number of halogens is 1. The molecule has 1 amide bonds. The Balaban J connectivity index is 1.79. The zero-order valence-corrected chi connectivity index (χ0v) is 22.2. The van der Waals surface area contributed by atoms with E-state index in [0.717, 1.165) is 16.7 Å². The first-order chi connectivity index (χ1) is 17.6. The summed E-state index contributed by atoms with van der Waals surface area (Å²) in [6.45, 7) is 6.12. The first-order valence-electron chi connectivity index (χ1n) is 11.3. The minimum Gasteiger partial charge on any atom is -0.439 e. The molecule has 37 heavy (non-hydrogen) atoms. The van der Waals surface area contributed by atoms with Gasteiger partial charge >= 0.3 is 0 Å². The van der Waals surface area contributed by atoms with Crippen LogP contribution in [0.1, 0.15) is 28.4 Å². The van der Waals surface area contributed by atoms with Gasteiger partial charge in [-0.25, -0.2) is 18.1 Å². The summed E-state index contributed by atoms with van der Waals surface area (Å²) in [4.78, 5) is 21.0. The lowest BCUT2D eigenvalue weighted by molar-refractivity contribution is 0.0955. The molecule has 12 heteroatoms. The third kappa shape index (κ3) is 6.07. The van der Waals surface area contributed by atoms with E-state index in [0.29, 0.717) is 22.8 Å². The zero-order valence-electron chi connectivity index (χ0n) is 20.6. The molecule has 2 aromatic carbocycles. The number of carbonyl (C=O) groups is 1. The molecule has 2 aromatic heterocycles. The molecule has 0 saturated carbocycles. The van der Waals surface area contributed by atoms with E-state index in [1.165, 1.54) is 35.3 Å². The number of rotatable bonds is 8. The zero-order chi connectivity index (χ0) is 26.7. The Labute approximate surface area is 219 Å². The summed E-state index contributed by atoms with van der Waals surface area (Å²) >= 11 is 6.23. The molecule has 0 aliphatic rings. The standard InChI is InChI=1S/C25H25ClN6O4S/c1-5-27-24(33)17-9-18(26)11-19(10-17)36-22-12-21(23-15(2)7-6-8-16(23)3)29-25(30-22)31-37(34,35)20-13-28-32(4)14-20/h6-14H,5H2,1-4H3,(H,27,33)(H,29,30,31). The number of anilines is 1. The Kier molecular flexibility index (Phi) is 7.46. The number of ether oxygens (including phenoxy) is 1. The number of aryl methyl sites for hydroxylation is 3. The van der Waals surface area contributed by atoms with Gasteiger partial charge in [0, 0.05) is 42.0 Å². The van der Waals surface area contributed by atoms with Crippen LogP contribution in [-0.2, 0) is 17.1 Å². The molecule has 0 aliphatic heterocycles. The highest BCUT2D eigenvalue weighted by atomic mass is 35.5. The van der Waals surface area contributed by atoms with Crippen molar-refractivity contribution in [2.24, 2.45) is 7.05 Å². The van der Waals surface area contributed by atoms with Gasteiger partial charge in [-0.2, -0.15) is 10.1 Å². The van der Waals surface area contributed by atoms with Crippen LogP contribution in [0.15, 0.2) is 59.8 Å². The summed E-state index contributed by atoms with van der Waals surface area (Å²) in [5.41, 5.74) is 3.45. The summed E-state index contributed by atoms with van der Waals surface area (Å²) in [6.07, 6.45) is 2.59. The minimum atomic E-state index is -4.02. The van der Waals surface area contributed by atoms with Crippen molar-refractivity contribution in [2.75, 3.05) is 11.3 Å². The van der Waals surface area contributed by atoms with E-state index in [1.807, 2.05) is 39.0 Å². The average molecular weight is 541 g/mol. The molecule has 0 radical (unpaired) electrons. The molecular formula is C25H25ClN6O4S. The van der Waals surface area contributed by atoms with Gasteiger partial charge in [-0.15, -0.1) is 0 Å². The molecule has 4 aromatic rings. The van der Waals surface area contributed by atoms with Crippen LogP contribution in [0.2, 0.25) is 5.02 Å². The van der Waals surface area contributed by atoms with Gasteiger partial charge in [-0.05, 0) is 50.1 Å². The van der Waals surface area contributed by atoms with Crippen LogP contribution in [0, 0.1) is 13.8 Å². The van der Waals surface area contributed by atoms with Crippen LogP contribution >= 0.6 is 11.6 Å². The molecule has 10 nitrogen and oxygen atoms in total. The molecule has 0 saturated heterocycles. The molecule has 0 fully saturated rings. The lowest BCUT2D eigenvalue weighted by atomic mass is 10.00. The topological polar surface area (TPSA) is 128 Å². The predicted molar refractivity (Wildman–Crippen MR) is 140 cm³/mol. The molecule has 2 heterocycles. The van der Waals surface area contributed by atoms with Gasteiger partial charge in [0.2, 0.25) is 11.8 Å². The Hall–Kier alpha value is -3.96. The lowest BCUT2D eigenvalue weighted by Crippen LogP contribution is -2.22. The smallest absolute Gasteiger partial charge is 0.267 e. The van der Waals surface area contributed by atoms with Crippen LogP contribution in [0.5, 0.6) is 11.6 Å². The molecule has 192 valence electrons. The largest absolute Gasteiger partial charge is 0.439 e. The van der Waals surface area contributed by atoms with E-state index in [2.05, 4.69) is 25.1 Å². The van der Waals surface area contributed by atoms with Crippen molar-refractivity contribution in [3.8, 4) is 22.9 Å². The number of nitrogens with one attached hydrogen (secondary N) is 2. The molecule has 0 spiro atoms. The highest BCUT2D eigenvalue weighted by Gasteiger charge is 2.20. The van der Waals surface area contributed by atoms with Crippen molar-refractivity contribution in [3.63, 3.8) is 0 Å². The Morgan fingerprint density at radius 3 is 2.49 bits per heavy atom. The van der Waals surface area contributed by atoms with Crippen LogP contribution in [0.3, 0.4) is 0 Å². The van der Waals surface area contributed by atoms with Crippen molar-refractivity contribution in [1.82, 2.24) is 25.1 Å². The maximum absolute atomic E-state index is 12.9.